The first-order valence-corrected chi connectivity index (χ1v) is 13.6. The molecular weight excluding hydrogens is 466 g/mol. The molecular formula is C31H33NO5. The third-order valence-corrected chi connectivity index (χ3v) is 9.39. The fourth-order valence-corrected chi connectivity index (χ4v) is 7.62. The molecule has 2 amide bonds. The second kappa shape index (κ2) is 8.64. The lowest BCUT2D eigenvalue weighted by molar-refractivity contribution is -0.143. The zero-order valence-corrected chi connectivity index (χ0v) is 21.7. The number of Topliss-reactive ketones (excluding diaryl/α,β-unsaturated/α-hetero) is 1. The van der Waals surface area contributed by atoms with Gasteiger partial charge in [-0.25, -0.2) is 0 Å². The summed E-state index contributed by atoms with van der Waals surface area (Å²) in [4.78, 5) is 55.8. The summed E-state index contributed by atoms with van der Waals surface area (Å²) in [6.07, 6.45) is 9.19. The molecule has 6 heteroatoms. The number of imide groups is 1. The largest absolute Gasteiger partial charge is 0.507 e. The number of fused-ring (bicyclic) bond motifs is 3. The highest BCUT2D eigenvalue weighted by Crippen LogP contribution is 2.55. The molecule has 1 aromatic rings. The summed E-state index contributed by atoms with van der Waals surface area (Å²) >= 11 is 0. The number of aryl methyl sites for hydroxylation is 2. The molecule has 1 aliphatic heterocycles. The summed E-state index contributed by atoms with van der Waals surface area (Å²) in [7, 11) is 0. The molecule has 6 nitrogen and oxygen atoms in total. The molecule has 2 fully saturated rings. The van der Waals surface area contributed by atoms with Crippen molar-refractivity contribution in [2.75, 3.05) is 0 Å². The Morgan fingerprint density at radius 3 is 2.24 bits per heavy atom. The van der Waals surface area contributed by atoms with E-state index in [1.54, 1.807) is 11.8 Å². The van der Waals surface area contributed by atoms with Crippen LogP contribution < -0.4 is 0 Å². The molecule has 192 valence electrons. The van der Waals surface area contributed by atoms with Crippen molar-refractivity contribution >= 4 is 23.4 Å². The van der Waals surface area contributed by atoms with Crippen LogP contribution in [0.5, 0.6) is 5.75 Å². The van der Waals surface area contributed by atoms with E-state index in [1.807, 2.05) is 26.0 Å². The van der Waals surface area contributed by atoms with Crippen LogP contribution in [0, 0.1) is 31.6 Å². The smallest absolute Gasteiger partial charge is 0.233 e. The number of ketones is 2. The second-order valence-corrected chi connectivity index (χ2v) is 11.6. The van der Waals surface area contributed by atoms with E-state index in [1.165, 1.54) is 6.08 Å². The van der Waals surface area contributed by atoms with Crippen molar-refractivity contribution in [3.63, 3.8) is 0 Å². The van der Waals surface area contributed by atoms with Crippen molar-refractivity contribution in [3.8, 4) is 5.75 Å². The molecule has 37 heavy (non-hydrogen) atoms. The number of phenols is 1. The summed E-state index contributed by atoms with van der Waals surface area (Å²) in [6.45, 7) is 5.33. The number of amides is 2. The van der Waals surface area contributed by atoms with Gasteiger partial charge < -0.3 is 5.11 Å². The van der Waals surface area contributed by atoms with E-state index in [4.69, 9.17) is 0 Å². The zero-order chi connectivity index (χ0) is 26.2. The number of allylic oxidation sites excluding steroid dienone is 6. The van der Waals surface area contributed by atoms with Crippen LogP contribution in [0.15, 0.2) is 46.6 Å². The average Bonchev–Trinajstić information content (AvgIpc) is 3.14. The first-order chi connectivity index (χ1) is 17.7. The van der Waals surface area contributed by atoms with Gasteiger partial charge in [0.25, 0.3) is 0 Å². The van der Waals surface area contributed by atoms with E-state index >= 15 is 0 Å². The van der Waals surface area contributed by atoms with E-state index in [2.05, 4.69) is 6.08 Å². The van der Waals surface area contributed by atoms with Crippen molar-refractivity contribution < 1.29 is 24.3 Å². The summed E-state index contributed by atoms with van der Waals surface area (Å²) in [5.41, 5.74) is 4.60. The molecule has 1 aromatic carbocycles. The van der Waals surface area contributed by atoms with Crippen LogP contribution in [0.2, 0.25) is 0 Å². The minimum Gasteiger partial charge on any atom is -0.507 e. The molecule has 0 radical (unpaired) electrons. The minimum absolute atomic E-state index is 0.0252. The molecule has 4 aliphatic carbocycles. The second-order valence-electron chi connectivity index (χ2n) is 11.6. The van der Waals surface area contributed by atoms with E-state index in [-0.39, 0.29) is 41.1 Å². The molecule has 0 unspecified atom stereocenters. The van der Waals surface area contributed by atoms with Crippen molar-refractivity contribution in [1.29, 1.82) is 0 Å². The maximum Gasteiger partial charge on any atom is 0.233 e. The van der Waals surface area contributed by atoms with Gasteiger partial charge in [-0.1, -0.05) is 43.0 Å². The monoisotopic (exact) mass is 499 g/mol. The number of hydrogen-bond acceptors (Lipinski definition) is 5. The molecule has 1 N–H and O–H groups in total. The predicted molar refractivity (Wildman–Crippen MR) is 138 cm³/mol. The van der Waals surface area contributed by atoms with E-state index in [0.29, 0.717) is 40.7 Å². The maximum absolute atomic E-state index is 13.9. The number of carbonyl (C=O) groups is 4. The van der Waals surface area contributed by atoms with Gasteiger partial charge in [0.2, 0.25) is 11.8 Å². The predicted octanol–water partition coefficient (Wildman–Crippen LogP) is 4.77. The third kappa shape index (κ3) is 3.52. The fourth-order valence-electron chi connectivity index (χ4n) is 7.62. The number of phenolic OH excluding ortho intramolecular Hbond substituents is 1. The average molecular weight is 500 g/mol. The first-order valence-electron chi connectivity index (χ1n) is 13.6. The number of likely N-dealkylation sites (tertiary alicyclic amines) is 1. The number of benzene rings is 1. The van der Waals surface area contributed by atoms with Crippen LogP contribution in [0.25, 0.3) is 0 Å². The highest BCUT2D eigenvalue weighted by molar-refractivity contribution is 6.23. The molecule has 0 bridgehead atoms. The summed E-state index contributed by atoms with van der Waals surface area (Å²) in [5, 5.41) is 10.4. The number of hydrogen-bond donors (Lipinski definition) is 1. The Bertz CT molecular complexity index is 1330. The SMILES string of the molecule is CC1=CC(=O)C2=C(C1=O)[C@@H](c1cc(C)c(O)c(C)c1)C1=CC[C@@H]3C(=O)N(C4CCCCC4)C(=O)[C@@H]3[C@@H]1C2. The summed E-state index contributed by atoms with van der Waals surface area (Å²) < 4.78 is 0. The van der Waals surface area contributed by atoms with Gasteiger partial charge in [-0.15, -0.1) is 0 Å². The standard InChI is InChI=1S/C31H33NO5/c1-15-11-18(12-16(2)28(15)34)25-20-9-10-21-26(31(37)32(30(21)36)19-7-5-4-6-8-19)22(20)14-23-24(33)13-17(3)29(35)27(23)25/h9,11-13,19,21-22,25-26,34H,4-8,10,14H2,1-3H3/t21-,22+,25-,26-/m0/s1. The van der Waals surface area contributed by atoms with E-state index < -0.39 is 17.8 Å². The van der Waals surface area contributed by atoms with Gasteiger partial charge in [-0.3, -0.25) is 24.1 Å². The van der Waals surface area contributed by atoms with Crippen LogP contribution >= 0.6 is 0 Å². The van der Waals surface area contributed by atoms with Gasteiger partial charge in [0.05, 0.1) is 11.8 Å². The highest BCUT2D eigenvalue weighted by Gasteiger charge is 2.57. The lowest BCUT2D eigenvalue weighted by Gasteiger charge is -2.42. The molecule has 0 spiro atoms. The highest BCUT2D eigenvalue weighted by atomic mass is 16.3. The van der Waals surface area contributed by atoms with Gasteiger partial charge in [0.15, 0.2) is 11.6 Å². The molecule has 6 rings (SSSR count). The van der Waals surface area contributed by atoms with Crippen LogP contribution in [0.3, 0.4) is 0 Å². The van der Waals surface area contributed by atoms with Crippen molar-refractivity contribution in [3.05, 3.63) is 63.3 Å². The Kier molecular flexibility index (Phi) is 5.62. The zero-order valence-electron chi connectivity index (χ0n) is 21.7. The van der Waals surface area contributed by atoms with Gasteiger partial charge in [-0.2, -0.15) is 0 Å². The van der Waals surface area contributed by atoms with Crippen LogP contribution in [0.1, 0.15) is 74.5 Å². The van der Waals surface area contributed by atoms with Gasteiger partial charge >= 0.3 is 0 Å². The minimum atomic E-state index is -0.500. The molecule has 1 saturated heterocycles. The van der Waals surface area contributed by atoms with Gasteiger partial charge in [0.1, 0.15) is 5.75 Å². The van der Waals surface area contributed by atoms with Gasteiger partial charge in [-0.05, 0) is 75.1 Å². The fraction of sp³-hybridized carbons (Fsp3) is 0.484. The Balaban J connectivity index is 1.48. The normalized spacial score (nSPS) is 30.2. The lowest BCUT2D eigenvalue weighted by Crippen LogP contribution is -2.43. The Morgan fingerprint density at radius 1 is 0.892 bits per heavy atom. The number of carbonyl (C=O) groups excluding carboxylic acids is 4. The number of rotatable bonds is 2. The van der Waals surface area contributed by atoms with Crippen LogP contribution in [-0.2, 0) is 19.2 Å². The Labute approximate surface area is 217 Å². The van der Waals surface area contributed by atoms with Crippen molar-refractivity contribution in [2.24, 2.45) is 17.8 Å². The topological polar surface area (TPSA) is 91.8 Å². The maximum atomic E-state index is 13.9. The molecule has 5 aliphatic rings. The van der Waals surface area contributed by atoms with Crippen molar-refractivity contribution in [1.82, 2.24) is 4.90 Å². The lowest BCUT2D eigenvalue weighted by atomic mass is 9.59. The van der Waals surface area contributed by atoms with E-state index in [0.717, 1.165) is 43.2 Å². The van der Waals surface area contributed by atoms with Crippen LogP contribution in [-0.4, -0.2) is 39.4 Å². The number of nitrogens with zero attached hydrogens (tertiary/aromatic N) is 1. The van der Waals surface area contributed by atoms with E-state index in [9.17, 15) is 24.3 Å². The molecule has 1 saturated carbocycles. The third-order valence-electron chi connectivity index (χ3n) is 9.39. The number of aromatic hydroxyl groups is 1. The quantitative estimate of drug-likeness (QED) is 0.360. The molecule has 4 atom stereocenters. The Morgan fingerprint density at radius 2 is 1.57 bits per heavy atom. The van der Waals surface area contributed by atoms with Crippen LogP contribution in [0.4, 0.5) is 0 Å². The Hall–Kier alpha value is -3.28. The first kappa shape index (κ1) is 24.1. The van der Waals surface area contributed by atoms with Gasteiger partial charge in [0, 0.05) is 28.7 Å². The summed E-state index contributed by atoms with van der Waals surface area (Å²) in [5.74, 6) is -1.93. The van der Waals surface area contributed by atoms with Crippen molar-refractivity contribution in [2.45, 2.75) is 77.7 Å². The molecule has 1 heterocycles. The molecule has 0 aromatic heterocycles. The summed E-state index contributed by atoms with van der Waals surface area (Å²) in [6, 6.07) is 3.74.